The summed E-state index contributed by atoms with van der Waals surface area (Å²) in [5.74, 6) is -2.46. The standard InChI is InChI=1S/C24H31F3O4/c1-5-6-7-8-16-12-19(28)21(18-11-15(4)9-10-17(18)14(2)3)22(29)20(16)23(30)31-13-24(25,26)27/h11-12,17-18,28-29H,2,5-10,13H2,1,3-4H3/t17-,18+/m0/s1. The number of carbonyl (C=O) groups excluding carboxylic acids is 1. The fourth-order valence-electron chi connectivity index (χ4n) is 4.17. The fraction of sp³-hybridized carbons (Fsp3) is 0.542. The third-order valence-electron chi connectivity index (χ3n) is 5.73. The maximum atomic E-state index is 12.6. The summed E-state index contributed by atoms with van der Waals surface area (Å²) in [7, 11) is 0. The minimum absolute atomic E-state index is 0.0783. The minimum Gasteiger partial charge on any atom is -0.507 e. The Morgan fingerprint density at radius 3 is 2.55 bits per heavy atom. The Hall–Kier alpha value is -2.44. The fourth-order valence-corrected chi connectivity index (χ4v) is 4.17. The molecule has 1 aromatic carbocycles. The Morgan fingerprint density at radius 1 is 1.29 bits per heavy atom. The van der Waals surface area contributed by atoms with Gasteiger partial charge in [0.15, 0.2) is 6.61 Å². The van der Waals surface area contributed by atoms with Crippen LogP contribution in [0.4, 0.5) is 13.2 Å². The van der Waals surface area contributed by atoms with Gasteiger partial charge in [0.2, 0.25) is 0 Å². The molecule has 1 aliphatic rings. The Kier molecular flexibility index (Phi) is 8.21. The predicted octanol–water partition coefficient (Wildman–Crippen LogP) is 6.57. The Bertz CT molecular complexity index is 855. The molecule has 0 unspecified atom stereocenters. The lowest BCUT2D eigenvalue weighted by atomic mass is 9.73. The van der Waals surface area contributed by atoms with E-state index in [1.54, 1.807) is 0 Å². The number of allylic oxidation sites excluding steroid dienone is 3. The highest BCUT2D eigenvalue weighted by Crippen LogP contribution is 2.48. The lowest BCUT2D eigenvalue weighted by Crippen LogP contribution is -2.22. The van der Waals surface area contributed by atoms with Crippen LogP contribution in [0.3, 0.4) is 0 Å². The molecule has 172 valence electrons. The van der Waals surface area contributed by atoms with Gasteiger partial charge < -0.3 is 14.9 Å². The van der Waals surface area contributed by atoms with E-state index in [2.05, 4.69) is 11.3 Å². The molecule has 0 fully saturated rings. The average molecular weight is 441 g/mol. The van der Waals surface area contributed by atoms with Crippen LogP contribution in [-0.4, -0.2) is 29.0 Å². The number of hydrogen-bond donors (Lipinski definition) is 2. The van der Waals surface area contributed by atoms with Crippen molar-refractivity contribution >= 4 is 5.97 Å². The first-order chi connectivity index (χ1) is 14.5. The van der Waals surface area contributed by atoms with Gasteiger partial charge in [0.1, 0.15) is 17.1 Å². The molecule has 0 amide bonds. The van der Waals surface area contributed by atoms with Crippen LogP contribution in [0, 0.1) is 5.92 Å². The van der Waals surface area contributed by atoms with Gasteiger partial charge in [0.25, 0.3) is 0 Å². The van der Waals surface area contributed by atoms with Crippen LogP contribution < -0.4 is 0 Å². The van der Waals surface area contributed by atoms with Crippen LogP contribution in [0.25, 0.3) is 0 Å². The number of rotatable bonds is 8. The first kappa shape index (κ1) is 24.8. The zero-order valence-corrected chi connectivity index (χ0v) is 18.3. The van der Waals surface area contributed by atoms with Gasteiger partial charge in [-0.1, -0.05) is 43.6 Å². The SMILES string of the molecule is C=C(C)[C@@H]1CCC(C)=C[C@H]1c1c(O)cc(CCCCC)c(C(=O)OCC(F)(F)F)c1O. The van der Waals surface area contributed by atoms with E-state index >= 15 is 0 Å². The highest BCUT2D eigenvalue weighted by Gasteiger charge is 2.35. The van der Waals surface area contributed by atoms with Gasteiger partial charge in [0, 0.05) is 11.5 Å². The van der Waals surface area contributed by atoms with Crippen molar-refractivity contribution in [3.63, 3.8) is 0 Å². The predicted molar refractivity (Wildman–Crippen MR) is 113 cm³/mol. The summed E-state index contributed by atoms with van der Waals surface area (Å²) in [5, 5.41) is 21.8. The lowest BCUT2D eigenvalue weighted by Gasteiger charge is -2.32. The molecule has 0 saturated carbocycles. The molecule has 2 atom stereocenters. The number of aromatic hydroxyl groups is 2. The molecule has 31 heavy (non-hydrogen) atoms. The number of halogens is 3. The monoisotopic (exact) mass is 440 g/mol. The van der Waals surface area contributed by atoms with E-state index in [1.807, 2.05) is 26.8 Å². The summed E-state index contributed by atoms with van der Waals surface area (Å²) in [4.78, 5) is 12.6. The van der Waals surface area contributed by atoms with Crippen LogP contribution in [0.1, 0.15) is 80.3 Å². The molecule has 1 aromatic rings. The molecule has 4 nitrogen and oxygen atoms in total. The molecule has 0 spiro atoms. The maximum Gasteiger partial charge on any atom is 0.422 e. The smallest absolute Gasteiger partial charge is 0.422 e. The van der Waals surface area contributed by atoms with E-state index in [9.17, 15) is 28.2 Å². The van der Waals surface area contributed by atoms with Crippen molar-refractivity contribution < 1.29 is 32.9 Å². The van der Waals surface area contributed by atoms with Gasteiger partial charge in [-0.3, -0.25) is 0 Å². The summed E-state index contributed by atoms with van der Waals surface area (Å²) in [6, 6.07) is 1.38. The number of ether oxygens (including phenoxy) is 1. The molecule has 0 radical (unpaired) electrons. The van der Waals surface area contributed by atoms with Crippen molar-refractivity contribution in [3.05, 3.63) is 46.6 Å². The van der Waals surface area contributed by atoms with Crippen molar-refractivity contribution in [3.8, 4) is 11.5 Å². The molecular weight excluding hydrogens is 409 g/mol. The van der Waals surface area contributed by atoms with Gasteiger partial charge in [-0.2, -0.15) is 13.2 Å². The minimum atomic E-state index is -4.68. The molecule has 0 aliphatic heterocycles. The second-order valence-electron chi connectivity index (χ2n) is 8.37. The number of esters is 1. The number of benzene rings is 1. The first-order valence-corrected chi connectivity index (χ1v) is 10.6. The lowest BCUT2D eigenvalue weighted by molar-refractivity contribution is -0.161. The zero-order chi connectivity index (χ0) is 23.3. The van der Waals surface area contributed by atoms with Crippen LogP contribution in [0.15, 0.2) is 29.9 Å². The van der Waals surface area contributed by atoms with E-state index in [-0.39, 0.29) is 28.4 Å². The van der Waals surface area contributed by atoms with E-state index in [1.165, 1.54) is 6.07 Å². The van der Waals surface area contributed by atoms with Crippen molar-refractivity contribution in [2.45, 2.75) is 71.4 Å². The van der Waals surface area contributed by atoms with Crippen LogP contribution in [0.5, 0.6) is 11.5 Å². The third-order valence-corrected chi connectivity index (χ3v) is 5.73. The summed E-state index contributed by atoms with van der Waals surface area (Å²) in [5.41, 5.74) is 2.04. The molecule has 0 saturated heterocycles. The van der Waals surface area contributed by atoms with E-state index in [4.69, 9.17) is 0 Å². The number of alkyl halides is 3. The average Bonchev–Trinajstić information content (AvgIpc) is 2.65. The van der Waals surface area contributed by atoms with Crippen LogP contribution in [0.2, 0.25) is 0 Å². The highest BCUT2D eigenvalue weighted by atomic mass is 19.4. The molecule has 2 N–H and O–H groups in total. The number of aryl methyl sites for hydroxylation is 1. The van der Waals surface area contributed by atoms with Gasteiger partial charge in [0.05, 0.1) is 0 Å². The first-order valence-electron chi connectivity index (χ1n) is 10.6. The van der Waals surface area contributed by atoms with E-state index in [0.717, 1.165) is 36.8 Å². The summed E-state index contributed by atoms with van der Waals surface area (Å²) < 4.78 is 42.3. The van der Waals surface area contributed by atoms with Crippen molar-refractivity contribution in [1.29, 1.82) is 0 Å². The van der Waals surface area contributed by atoms with Crippen LogP contribution in [-0.2, 0) is 11.2 Å². The van der Waals surface area contributed by atoms with Gasteiger partial charge in [-0.05, 0) is 57.1 Å². The number of phenolic OH excluding ortho intramolecular Hbond substituents is 2. The normalized spacial score (nSPS) is 19.1. The third kappa shape index (κ3) is 6.28. The molecule has 0 bridgehead atoms. The summed E-state index contributed by atoms with van der Waals surface area (Å²) >= 11 is 0. The number of hydrogen-bond acceptors (Lipinski definition) is 4. The maximum absolute atomic E-state index is 12.6. The molecule has 1 aliphatic carbocycles. The quantitative estimate of drug-likeness (QED) is 0.273. The Morgan fingerprint density at radius 2 is 1.97 bits per heavy atom. The van der Waals surface area contributed by atoms with E-state index < -0.39 is 30.4 Å². The Labute approximate surface area is 181 Å². The van der Waals surface area contributed by atoms with Gasteiger partial charge in [-0.25, -0.2) is 4.79 Å². The molecule has 0 aromatic heterocycles. The second-order valence-corrected chi connectivity index (χ2v) is 8.37. The van der Waals surface area contributed by atoms with Crippen molar-refractivity contribution in [2.24, 2.45) is 5.92 Å². The van der Waals surface area contributed by atoms with Gasteiger partial charge in [-0.15, -0.1) is 0 Å². The van der Waals surface area contributed by atoms with Crippen LogP contribution >= 0.6 is 0 Å². The molecular formula is C24H31F3O4. The largest absolute Gasteiger partial charge is 0.507 e. The molecule has 2 rings (SSSR count). The van der Waals surface area contributed by atoms with Crippen molar-refractivity contribution in [2.75, 3.05) is 6.61 Å². The second kappa shape index (κ2) is 10.2. The van der Waals surface area contributed by atoms with E-state index in [0.29, 0.717) is 12.8 Å². The summed E-state index contributed by atoms with van der Waals surface area (Å²) in [6.45, 7) is 8.06. The topological polar surface area (TPSA) is 66.8 Å². The highest BCUT2D eigenvalue weighted by molar-refractivity contribution is 5.95. The number of phenols is 2. The summed E-state index contributed by atoms with van der Waals surface area (Å²) in [6.07, 6.45) is 1.55. The number of unbranched alkanes of at least 4 members (excludes halogenated alkanes) is 2. The zero-order valence-electron chi connectivity index (χ0n) is 18.3. The Balaban J connectivity index is 2.58. The van der Waals surface area contributed by atoms with Gasteiger partial charge >= 0.3 is 12.1 Å². The molecule has 0 heterocycles. The number of carbonyl (C=O) groups is 1. The van der Waals surface area contributed by atoms with Crippen molar-refractivity contribution in [1.82, 2.24) is 0 Å². The molecule has 7 heteroatoms.